The summed E-state index contributed by atoms with van der Waals surface area (Å²) in [5.74, 6) is -0.963. The lowest BCUT2D eigenvalue weighted by atomic mass is 9.96. The standard InChI is InChI=1S/C26H28N4O5/c1-17-22(29-9-4-3-8-20(29)27-17)24(31)21-23(18-6-5-7-19(16-18)34-2)30(26(33)25(21)32)11-10-28-12-14-35-15-13-28/h3-9,16,23,31H,10-15H2,1-2H3/b24-21+. The van der Waals surface area contributed by atoms with Crippen LogP contribution >= 0.6 is 0 Å². The number of aliphatic hydroxyl groups excluding tert-OH is 1. The van der Waals surface area contributed by atoms with Gasteiger partial charge in [-0.05, 0) is 36.8 Å². The van der Waals surface area contributed by atoms with Crippen molar-refractivity contribution in [2.24, 2.45) is 0 Å². The summed E-state index contributed by atoms with van der Waals surface area (Å²) in [6.07, 6.45) is 1.78. The van der Waals surface area contributed by atoms with E-state index in [-0.39, 0.29) is 11.3 Å². The van der Waals surface area contributed by atoms with E-state index < -0.39 is 17.7 Å². The normalized spacial score (nSPS) is 20.6. The monoisotopic (exact) mass is 476 g/mol. The number of amides is 1. The number of ether oxygens (including phenoxy) is 2. The molecule has 2 aromatic heterocycles. The Balaban J connectivity index is 1.62. The van der Waals surface area contributed by atoms with Crippen LogP contribution in [-0.4, -0.2) is 82.5 Å². The van der Waals surface area contributed by atoms with Crippen molar-refractivity contribution >= 4 is 23.1 Å². The minimum atomic E-state index is -0.750. The smallest absolute Gasteiger partial charge is 0.295 e. The third kappa shape index (κ3) is 4.17. The van der Waals surface area contributed by atoms with Gasteiger partial charge in [0.2, 0.25) is 0 Å². The number of pyridine rings is 1. The van der Waals surface area contributed by atoms with Crippen molar-refractivity contribution in [3.05, 3.63) is 71.2 Å². The van der Waals surface area contributed by atoms with Crippen molar-refractivity contribution in [3.63, 3.8) is 0 Å². The number of benzene rings is 1. The molecule has 35 heavy (non-hydrogen) atoms. The zero-order valence-electron chi connectivity index (χ0n) is 19.8. The van der Waals surface area contributed by atoms with Gasteiger partial charge in [-0.1, -0.05) is 18.2 Å². The first kappa shape index (κ1) is 23.1. The third-order valence-corrected chi connectivity index (χ3v) is 6.64. The van der Waals surface area contributed by atoms with E-state index in [1.54, 1.807) is 41.7 Å². The highest BCUT2D eigenvalue weighted by Crippen LogP contribution is 2.40. The number of ketones is 1. The Hall–Kier alpha value is -3.69. The lowest BCUT2D eigenvalue weighted by molar-refractivity contribution is -0.140. The average molecular weight is 477 g/mol. The summed E-state index contributed by atoms with van der Waals surface area (Å²) in [5.41, 5.74) is 2.36. The highest BCUT2D eigenvalue weighted by atomic mass is 16.5. The topological polar surface area (TPSA) is 96.6 Å². The molecule has 0 aliphatic carbocycles. The summed E-state index contributed by atoms with van der Waals surface area (Å²) in [6, 6.07) is 12.0. The molecule has 0 spiro atoms. The summed E-state index contributed by atoms with van der Waals surface area (Å²) < 4.78 is 12.6. The van der Waals surface area contributed by atoms with Gasteiger partial charge < -0.3 is 19.5 Å². The van der Waals surface area contributed by atoms with Crippen LogP contribution in [-0.2, 0) is 14.3 Å². The fourth-order valence-electron chi connectivity index (χ4n) is 4.87. The molecular formula is C26H28N4O5. The second kappa shape index (κ2) is 9.52. The number of imidazole rings is 1. The van der Waals surface area contributed by atoms with Crippen LogP contribution < -0.4 is 4.74 Å². The van der Waals surface area contributed by atoms with Gasteiger partial charge >= 0.3 is 0 Å². The quantitative estimate of drug-likeness (QED) is 0.332. The molecule has 2 aliphatic rings. The predicted octanol–water partition coefficient (Wildman–Crippen LogP) is 2.41. The molecule has 3 aromatic rings. The van der Waals surface area contributed by atoms with Gasteiger partial charge in [0.1, 0.15) is 17.1 Å². The van der Waals surface area contributed by atoms with Gasteiger partial charge in [-0.2, -0.15) is 0 Å². The largest absolute Gasteiger partial charge is 0.505 e. The van der Waals surface area contributed by atoms with E-state index in [0.29, 0.717) is 54.7 Å². The first-order valence-electron chi connectivity index (χ1n) is 11.7. The van der Waals surface area contributed by atoms with Gasteiger partial charge in [0.15, 0.2) is 5.76 Å². The summed E-state index contributed by atoms with van der Waals surface area (Å²) in [5, 5.41) is 11.5. The van der Waals surface area contributed by atoms with Crippen LogP contribution in [0, 0.1) is 6.92 Å². The number of fused-ring (bicyclic) bond motifs is 1. The molecule has 1 aromatic carbocycles. The molecule has 2 aliphatic heterocycles. The number of carbonyl (C=O) groups excluding carboxylic acids is 2. The number of aliphatic hydroxyl groups is 1. The van der Waals surface area contributed by atoms with Crippen LogP contribution in [0.5, 0.6) is 5.75 Å². The predicted molar refractivity (Wildman–Crippen MR) is 129 cm³/mol. The Bertz CT molecular complexity index is 1310. The van der Waals surface area contributed by atoms with E-state index in [9.17, 15) is 14.7 Å². The fourth-order valence-corrected chi connectivity index (χ4v) is 4.87. The van der Waals surface area contributed by atoms with E-state index in [2.05, 4.69) is 9.88 Å². The molecule has 182 valence electrons. The van der Waals surface area contributed by atoms with Crippen LogP contribution in [0.2, 0.25) is 0 Å². The summed E-state index contributed by atoms with van der Waals surface area (Å²) in [4.78, 5) is 34.9. The zero-order chi connectivity index (χ0) is 24.5. The minimum Gasteiger partial charge on any atom is -0.505 e. The van der Waals surface area contributed by atoms with Gasteiger partial charge in [-0.3, -0.25) is 18.9 Å². The van der Waals surface area contributed by atoms with Gasteiger partial charge in [0, 0.05) is 32.4 Å². The van der Waals surface area contributed by atoms with Gasteiger partial charge in [0.25, 0.3) is 11.7 Å². The van der Waals surface area contributed by atoms with Crippen LogP contribution in [0.15, 0.2) is 54.2 Å². The molecule has 1 N–H and O–H groups in total. The van der Waals surface area contributed by atoms with Crippen molar-refractivity contribution in [2.75, 3.05) is 46.5 Å². The molecule has 0 bridgehead atoms. The summed E-state index contributed by atoms with van der Waals surface area (Å²) in [7, 11) is 1.57. The molecule has 4 heterocycles. The molecule has 0 radical (unpaired) electrons. The molecule has 9 nitrogen and oxygen atoms in total. The molecule has 2 fully saturated rings. The fraction of sp³-hybridized carbons (Fsp3) is 0.346. The number of nitrogens with zero attached hydrogens (tertiary/aromatic N) is 4. The van der Waals surface area contributed by atoms with E-state index in [0.717, 1.165) is 13.1 Å². The maximum Gasteiger partial charge on any atom is 0.295 e. The minimum absolute atomic E-state index is 0.0546. The lowest BCUT2D eigenvalue weighted by Crippen LogP contribution is -2.42. The number of aryl methyl sites for hydroxylation is 1. The highest BCUT2D eigenvalue weighted by Gasteiger charge is 2.46. The number of hydrogen-bond donors (Lipinski definition) is 1. The maximum atomic E-state index is 13.4. The summed E-state index contributed by atoms with van der Waals surface area (Å²) >= 11 is 0. The first-order valence-corrected chi connectivity index (χ1v) is 11.7. The van der Waals surface area contributed by atoms with E-state index in [1.165, 1.54) is 0 Å². The molecular weight excluding hydrogens is 448 g/mol. The van der Waals surface area contributed by atoms with Crippen molar-refractivity contribution < 1.29 is 24.2 Å². The lowest BCUT2D eigenvalue weighted by Gasteiger charge is -2.31. The highest BCUT2D eigenvalue weighted by molar-refractivity contribution is 6.46. The molecule has 0 saturated carbocycles. The molecule has 2 saturated heterocycles. The number of morpholine rings is 1. The van der Waals surface area contributed by atoms with Gasteiger partial charge in [-0.15, -0.1) is 0 Å². The number of aromatic nitrogens is 2. The average Bonchev–Trinajstić information content (AvgIpc) is 3.35. The first-order chi connectivity index (χ1) is 17.0. The number of carbonyl (C=O) groups is 2. The molecule has 5 rings (SSSR count). The third-order valence-electron chi connectivity index (χ3n) is 6.64. The van der Waals surface area contributed by atoms with Crippen LogP contribution in [0.3, 0.4) is 0 Å². The second-order valence-corrected chi connectivity index (χ2v) is 8.70. The van der Waals surface area contributed by atoms with Crippen molar-refractivity contribution in [1.82, 2.24) is 19.2 Å². The van der Waals surface area contributed by atoms with E-state index in [1.807, 2.05) is 30.3 Å². The number of hydrogen-bond acceptors (Lipinski definition) is 7. The molecule has 1 unspecified atom stereocenters. The number of rotatable bonds is 6. The van der Waals surface area contributed by atoms with Crippen LogP contribution in [0.4, 0.5) is 0 Å². The van der Waals surface area contributed by atoms with Gasteiger partial charge in [0.05, 0.1) is 37.6 Å². The Kier molecular flexibility index (Phi) is 6.27. The Labute approximate surface area is 203 Å². The number of Topliss-reactive ketones (excluding diaryl/α,β-unsaturated/α-hetero) is 1. The van der Waals surface area contributed by atoms with Crippen molar-refractivity contribution in [2.45, 2.75) is 13.0 Å². The molecule has 1 atom stereocenters. The summed E-state index contributed by atoms with van der Waals surface area (Å²) in [6.45, 7) is 5.55. The zero-order valence-corrected chi connectivity index (χ0v) is 19.8. The van der Waals surface area contributed by atoms with E-state index >= 15 is 0 Å². The Morgan fingerprint density at radius 2 is 1.94 bits per heavy atom. The number of methoxy groups -OCH3 is 1. The Morgan fingerprint density at radius 1 is 1.14 bits per heavy atom. The van der Waals surface area contributed by atoms with Crippen molar-refractivity contribution in [1.29, 1.82) is 0 Å². The van der Waals surface area contributed by atoms with E-state index in [4.69, 9.17) is 9.47 Å². The van der Waals surface area contributed by atoms with Gasteiger partial charge in [-0.25, -0.2) is 4.98 Å². The molecule has 9 heteroatoms. The van der Waals surface area contributed by atoms with Crippen LogP contribution in [0.1, 0.15) is 23.0 Å². The van der Waals surface area contributed by atoms with Crippen LogP contribution in [0.25, 0.3) is 11.4 Å². The SMILES string of the molecule is COc1cccc(C2/C(=C(\O)c3c(C)nc4ccccn34)C(=O)C(=O)N2CCN2CCOCC2)c1. The Morgan fingerprint density at radius 3 is 2.71 bits per heavy atom. The maximum absolute atomic E-state index is 13.4. The second-order valence-electron chi connectivity index (χ2n) is 8.70. The number of likely N-dealkylation sites (tertiary alicyclic amines) is 1. The van der Waals surface area contributed by atoms with Crippen molar-refractivity contribution in [3.8, 4) is 5.75 Å². The molecule has 1 amide bonds.